The fourth-order valence-electron chi connectivity index (χ4n) is 1.81. The van der Waals surface area contributed by atoms with E-state index in [2.05, 4.69) is 10.6 Å². The molecule has 1 fully saturated rings. The maximum Gasteiger partial charge on any atom is 0.227 e. The van der Waals surface area contributed by atoms with E-state index >= 15 is 0 Å². The lowest BCUT2D eigenvalue weighted by atomic mass is 9.88. The van der Waals surface area contributed by atoms with E-state index in [4.69, 9.17) is 0 Å². The summed E-state index contributed by atoms with van der Waals surface area (Å²) in [4.78, 5) is 11.9. The van der Waals surface area contributed by atoms with Crippen LogP contribution in [0.25, 0.3) is 0 Å². The predicted molar refractivity (Wildman–Crippen MR) is 72.5 cm³/mol. The third-order valence-electron chi connectivity index (χ3n) is 3.37. The minimum atomic E-state index is -0.291. The molecule has 1 atom stereocenters. The molecule has 2 rings (SSSR count). The smallest absolute Gasteiger partial charge is 0.227 e. The van der Waals surface area contributed by atoms with E-state index < -0.39 is 0 Å². The number of anilines is 1. The van der Waals surface area contributed by atoms with Gasteiger partial charge in [-0.05, 0) is 43.6 Å². The van der Waals surface area contributed by atoms with Gasteiger partial charge in [-0.3, -0.25) is 4.79 Å². The van der Waals surface area contributed by atoms with Crippen molar-refractivity contribution >= 4 is 24.0 Å². The highest BCUT2D eigenvalue weighted by molar-refractivity contribution is 5.92. The van der Waals surface area contributed by atoms with Gasteiger partial charge in [-0.25, -0.2) is 4.39 Å². The summed E-state index contributed by atoms with van der Waals surface area (Å²) in [6.45, 7) is 5.38. The lowest BCUT2D eigenvalue weighted by Crippen LogP contribution is -2.48. The number of aryl methyl sites for hydroxylation is 1. The third-order valence-corrected chi connectivity index (χ3v) is 3.37. The number of nitrogens with one attached hydrogen (secondary N) is 2. The SMILES string of the molecule is Cc1ccc(NC(=O)C(C)C2CNC2)cc1F.Cl. The molecule has 1 aromatic carbocycles. The number of carbonyl (C=O) groups excluding carboxylic acids is 1. The molecular formula is C13H18ClFN2O. The lowest BCUT2D eigenvalue weighted by molar-refractivity contribution is -0.121. The predicted octanol–water partition coefficient (Wildman–Crippen LogP) is 2.35. The van der Waals surface area contributed by atoms with Crippen LogP contribution in [-0.2, 0) is 4.79 Å². The van der Waals surface area contributed by atoms with Crippen molar-refractivity contribution in [3.63, 3.8) is 0 Å². The molecule has 0 spiro atoms. The molecule has 0 radical (unpaired) electrons. The highest BCUT2D eigenvalue weighted by Gasteiger charge is 2.28. The van der Waals surface area contributed by atoms with E-state index in [1.54, 1.807) is 19.1 Å². The topological polar surface area (TPSA) is 41.1 Å². The first-order chi connectivity index (χ1) is 8.08. The first kappa shape index (κ1) is 14.9. The molecule has 1 amide bonds. The third kappa shape index (κ3) is 3.21. The molecule has 1 aromatic rings. The Balaban J connectivity index is 0.00000162. The number of carbonyl (C=O) groups is 1. The zero-order chi connectivity index (χ0) is 12.4. The fourth-order valence-corrected chi connectivity index (χ4v) is 1.81. The Labute approximate surface area is 113 Å². The van der Waals surface area contributed by atoms with Crippen LogP contribution in [0.1, 0.15) is 12.5 Å². The Hall–Kier alpha value is -1.13. The zero-order valence-corrected chi connectivity index (χ0v) is 11.3. The summed E-state index contributed by atoms with van der Waals surface area (Å²) in [7, 11) is 0. The Bertz CT molecular complexity index is 435. The minimum absolute atomic E-state index is 0. The molecule has 1 aliphatic heterocycles. The van der Waals surface area contributed by atoms with Crippen LogP contribution in [0.5, 0.6) is 0 Å². The number of hydrogen-bond donors (Lipinski definition) is 2. The summed E-state index contributed by atoms with van der Waals surface area (Å²) in [6, 6.07) is 4.75. The van der Waals surface area contributed by atoms with Crippen LogP contribution in [-0.4, -0.2) is 19.0 Å². The molecule has 0 bridgehead atoms. The van der Waals surface area contributed by atoms with Gasteiger partial charge < -0.3 is 10.6 Å². The fraction of sp³-hybridized carbons (Fsp3) is 0.462. The van der Waals surface area contributed by atoms with Crippen LogP contribution in [0.15, 0.2) is 18.2 Å². The summed E-state index contributed by atoms with van der Waals surface area (Å²) >= 11 is 0. The summed E-state index contributed by atoms with van der Waals surface area (Å²) < 4.78 is 13.3. The van der Waals surface area contributed by atoms with Gasteiger partial charge in [-0.2, -0.15) is 0 Å². The molecule has 0 aliphatic carbocycles. The van der Waals surface area contributed by atoms with Crippen molar-refractivity contribution in [1.29, 1.82) is 0 Å². The molecule has 1 unspecified atom stereocenters. The Morgan fingerprint density at radius 1 is 1.50 bits per heavy atom. The van der Waals surface area contributed by atoms with Gasteiger partial charge in [0.05, 0.1) is 0 Å². The molecule has 0 saturated carbocycles. The molecule has 1 heterocycles. The second kappa shape index (κ2) is 6.16. The summed E-state index contributed by atoms with van der Waals surface area (Å²) in [5, 5.41) is 5.89. The van der Waals surface area contributed by atoms with E-state index in [-0.39, 0.29) is 30.0 Å². The van der Waals surface area contributed by atoms with Crippen molar-refractivity contribution in [2.45, 2.75) is 13.8 Å². The first-order valence-electron chi connectivity index (χ1n) is 5.85. The standard InChI is InChI=1S/C13H17FN2O.ClH/c1-8-3-4-11(5-12(8)14)16-13(17)9(2)10-6-15-7-10;/h3-5,9-10,15H,6-7H2,1-2H3,(H,16,17);1H. The number of hydrogen-bond acceptors (Lipinski definition) is 2. The van der Waals surface area contributed by atoms with Crippen molar-refractivity contribution < 1.29 is 9.18 Å². The number of benzene rings is 1. The molecule has 1 saturated heterocycles. The number of rotatable bonds is 3. The van der Waals surface area contributed by atoms with Crippen molar-refractivity contribution in [3.8, 4) is 0 Å². The lowest BCUT2D eigenvalue weighted by Gasteiger charge is -2.31. The summed E-state index contributed by atoms with van der Waals surface area (Å²) in [5.74, 6) is 0.0198. The molecule has 18 heavy (non-hydrogen) atoms. The van der Waals surface area contributed by atoms with Crippen molar-refractivity contribution in [2.24, 2.45) is 11.8 Å². The van der Waals surface area contributed by atoms with Crippen LogP contribution < -0.4 is 10.6 Å². The quantitative estimate of drug-likeness (QED) is 0.887. The van der Waals surface area contributed by atoms with E-state index in [0.717, 1.165) is 13.1 Å². The van der Waals surface area contributed by atoms with Gasteiger partial charge in [0.1, 0.15) is 5.82 Å². The molecular weight excluding hydrogens is 255 g/mol. The van der Waals surface area contributed by atoms with Crippen LogP contribution in [0.3, 0.4) is 0 Å². The molecule has 100 valence electrons. The van der Waals surface area contributed by atoms with Gasteiger partial charge in [-0.1, -0.05) is 13.0 Å². The average Bonchev–Trinajstić information content (AvgIpc) is 2.21. The Morgan fingerprint density at radius 2 is 2.17 bits per heavy atom. The van der Waals surface area contributed by atoms with Gasteiger partial charge >= 0.3 is 0 Å². The van der Waals surface area contributed by atoms with E-state index in [1.807, 2.05) is 6.92 Å². The van der Waals surface area contributed by atoms with Crippen LogP contribution in [0.4, 0.5) is 10.1 Å². The van der Waals surface area contributed by atoms with Gasteiger partial charge in [0.25, 0.3) is 0 Å². The average molecular weight is 273 g/mol. The highest BCUT2D eigenvalue weighted by Crippen LogP contribution is 2.19. The van der Waals surface area contributed by atoms with Gasteiger partial charge in [-0.15, -0.1) is 12.4 Å². The van der Waals surface area contributed by atoms with E-state index in [9.17, 15) is 9.18 Å². The zero-order valence-electron chi connectivity index (χ0n) is 10.5. The highest BCUT2D eigenvalue weighted by atomic mass is 35.5. The van der Waals surface area contributed by atoms with Crippen molar-refractivity contribution in [3.05, 3.63) is 29.6 Å². The van der Waals surface area contributed by atoms with Crippen LogP contribution in [0.2, 0.25) is 0 Å². The second-order valence-electron chi connectivity index (χ2n) is 4.66. The van der Waals surface area contributed by atoms with Crippen molar-refractivity contribution in [1.82, 2.24) is 5.32 Å². The number of halogens is 2. The molecule has 1 aliphatic rings. The van der Waals surface area contributed by atoms with E-state index in [1.165, 1.54) is 6.07 Å². The summed E-state index contributed by atoms with van der Waals surface area (Å²) in [5.41, 5.74) is 1.11. The summed E-state index contributed by atoms with van der Waals surface area (Å²) in [6.07, 6.45) is 0. The maximum atomic E-state index is 13.3. The van der Waals surface area contributed by atoms with Crippen LogP contribution in [0, 0.1) is 24.6 Å². The first-order valence-corrected chi connectivity index (χ1v) is 5.85. The largest absolute Gasteiger partial charge is 0.326 e. The molecule has 2 N–H and O–H groups in total. The van der Waals surface area contributed by atoms with Gasteiger partial charge in [0.2, 0.25) is 5.91 Å². The van der Waals surface area contributed by atoms with Gasteiger partial charge in [0, 0.05) is 11.6 Å². The van der Waals surface area contributed by atoms with Crippen molar-refractivity contribution in [2.75, 3.05) is 18.4 Å². The Kier molecular flexibility index (Phi) is 5.11. The normalized spacial score (nSPS) is 16.4. The maximum absolute atomic E-state index is 13.3. The molecule has 3 nitrogen and oxygen atoms in total. The second-order valence-corrected chi connectivity index (χ2v) is 4.66. The van der Waals surface area contributed by atoms with E-state index in [0.29, 0.717) is 17.2 Å². The molecule has 0 aromatic heterocycles. The Morgan fingerprint density at radius 3 is 2.67 bits per heavy atom. The monoisotopic (exact) mass is 272 g/mol. The minimum Gasteiger partial charge on any atom is -0.326 e. The van der Waals surface area contributed by atoms with Gasteiger partial charge in [0.15, 0.2) is 0 Å². The molecule has 5 heteroatoms. The number of amides is 1. The van der Waals surface area contributed by atoms with Crippen LogP contribution >= 0.6 is 12.4 Å².